The van der Waals surface area contributed by atoms with E-state index in [4.69, 9.17) is 0 Å². The van der Waals surface area contributed by atoms with Gasteiger partial charge in [0.2, 0.25) is 0 Å². The first-order valence-electron chi connectivity index (χ1n) is 6.49. The maximum atomic E-state index is 3.54. The van der Waals surface area contributed by atoms with Gasteiger partial charge in [-0.2, -0.15) is 0 Å². The molecular formula is C17H21N. The summed E-state index contributed by atoms with van der Waals surface area (Å²) in [6, 6.07) is 15.0. The van der Waals surface area contributed by atoms with Gasteiger partial charge in [0.05, 0.1) is 0 Å². The molecule has 2 rings (SSSR count). The van der Waals surface area contributed by atoms with E-state index in [2.05, 4.69) is 68.6 Å². The third kappa shape index (κ3) is 2.99. The fourth-order valence-electron chi connectivity index (χ4n) is 2.26. The smallest absolute Gasteiger partial charge is 0.0213 e. The molecule has 0 bridgehead atoms. The first-order valence-corrected chi connectivity index (χ1v) is 6.49. The van der Waals surface area contributed by atoms with Gasteiger partial charge in [0.15, 0.2) is 0 Å². The topological polar surface area (TPSA) is 12.0 Å². The summed E-state index contributed by atoms with van der Waals surface area (Å²) in [5.74, 6) is 0. The Morgan fingerprint density at radius 1 is 0.722 bits per heavy atom. The maximum Gasteiger partial charge on any atom is 0.0213 e. The molecule has 0 amide bonds. The lowest BCUT2D eigenvalue weighted by atomic mass is 10.0. The van der Waals surface area contributed by atoms with Crippen molar-refractivity contribution in [3.63, 3.8) is 0 Å². The van der Waals surface area contributed by atoms with Crippen LogP contribution in [0.3, 0.4) is 0 Å². The van der Waals surface area contributed by atoms with Crippen LogP contribution in [-0.4, -0.2) is 0 Å². The molecule has 0 spiro atoms. The van der Waals surface area contributed by atoms with E-state index >= 15 is 0 Å². The molecule has 0 saturated carbocycles. The summed E-state index contributed by atoms with van der Waals surface area (Å²) in [7, 11) is 0. The molecule has 0 unspecified atom stereocenters. The predicted octanol–water partition coefficient (Wildman–Crippen LogP) is 3.90. The number of nitrogens with one attached hydrogen (secondary N) is 1. The second-order valence-electron chi connectivity index (χ2n) is 4.90. The Morgan fingerprint density at radius 3 is 2.00 bits per heavy atom. The van der Waals surface area contributed by atoms with Crippen molar-refractivity contribution in [2.45, 2.75) is 33.9 Å². The zero-order valence-corrected chi connectivity index (χ0v) is 11.5. The third-order valence-electron chi connectivity index (χ3n) is 3.52. The number of hydrogen-bond donors (Lipinski definition) is 1. The van der Waals surface area contributed by atoms with E-state index < -0.39 is 0 Å². The van der Waals surface area contributed by atoms with Crippen molar-refractivity contribution < 1.29 is 0 Å². The van der Waals surface area contributed by atoms with E-state index in [0.717, 1.165) is 13.1 Å². The van der Waals surface area contributed by atoms with E-state index in [9.17, 15) is 0 Å². The highest BCUT2D eigenvalue weighted by atomic mass is 14.8. The second kappa shape index (κ2) is 5.83. The molecule has 0 aliphatic rings. The second-order valence-corrected chi connectivity index (χ2v) is 4.90. The lowest BCUT2D eigenvalue weighted by Crippen LogP contribution is -2.15. The molecule has 1 nitrogen and oxygen atoms in total. The largest absolute Gasteiger partial charge is 0.309 e. The van der Waals surface area contributed by atoms with Gasteiger partial charge in [-0.15, -0.1) is 0 Å². The number of aryl methyl sites for hydroxylation is 3. The molecule has 1 heteroatoms. The van der Waals surface area contributed by atoms with Gasteiger partial charge in [-0.05, 0) is 48.6 Å². The molecular weight excluding hydrogens is 218 g/mol. The molecule has 1 N–H and O–H groups in total. The lowest BCUT2D eigenvalue weighted by Gasteiger charge is -2.12. The van der Waals surface area contributed by atoms with Crippen LogP contribution in [0.2, 0.25) is 0 Å². The molecule has 2 aromatic rings. The maximum absolute atomic E-state index is 3.54. The molecule has 0 atom stereocenters. The zero-order valence-electron chi connectivity index (χ0n) is 11.5. The van der Waals surface area contributed by atoms with Crippen LogP contribution in [0.15, 0.2) is 42.5 Å². The van der Waals surface area contributed by atoms with Crippen LogP contribution >= 0.6 is 0 Å². The van der Waals surface area contributed by atoms with Crippen LogP contribution in [0.25, 0.3) is 0 Å². The average molecular weight is 239 g/mol. The standard InChI is InChI=1S/C17H21N/c1-13-7-4-5-10-16(13)11-18-12-17-14(2)8-6-9-15(17)3/h4-10,18H,11-12H2,1-3H3. The quantitative estimate of drug-likeness (QED) is 0.853. The van der Waals surface area contributed by atoms with Crippen LogP contribution in [0.1, 0.15) is 27.8 Å². The van der Waals surface area contributed by atoms with E-state index in [1.807, 2.05) is 0 Å². The Morgan fingerprint density at radius 2 is 1.33 bits per heavy atom. The molecule has 0 radical (unpaired) electrons. The first kappa shape index (κ1) is 12.8. The van der Waals surface area contributed by atoms with Crippen LogP contribution in [0.5, 0.6) is 0 Å². The summed E-state index contributed by atoms with van der Waals surface area (Å²) in [5.41, 5.74) is 6.89. The van der Waals surface area contributed by atoms with Gasteiger partial charge in [-0.3, -0.25) is 0 Å². The molecule has 0 heterocycles. The van der Waals surface area contributed by atoms with Crippen LogP contribution < -0.4 is 5.32 Å². The highest BCUT2D eigenvalue weighted by Gasteiger charge is 2.02. The van der Waals surface area contributed by atoms with Crippen LogP contribution in [0.4, 0.5) is 0 Å². The summed E-state index contributed by atoms with van der Waals surface area (Å²) < 4.78 is 0. The highest BCUT2D eigenvalue weighted by molar-refractivity contribution is 5.33. The SMILES string of the molecule is Cc1ccccc1CNCc1c(C)cccc1C. The Hall–Kier alpha value is -1.60. The Balaban J connectivity index is 1.99. The minimum absolute atomic E-state index is 0.931. The van der Waals surface area contributed by atoms with Gasteiger partial charge < -0.3 is 5.32 Å². The van der Waals surface area contributed by atoms with Crippen molar-refractivity contribution in [1.82, 2.24) is 5.32 Å². The molecule has 18 heavy (non-hydrogen) atoms. The van der Waals surface area contributed by atoms with Crippen molar-refractivity contribution in [1.29, 1.82) is 0 Å². The average Bonchev–Trinajstić information content (AvgIpc) is 2.35. The van der Waals surface area contributed by atoms with Crippen LogP contribution in [-0.2, 0) is 13.1 Å². The summed E-state index contributed by atoms with van der Waals surface area (Å²) in [4.78, 5) is 0. The summed E-state index contributed by atoms with van der Waals surface area (Å²) in [6.45, 7) is 8.39. The number of benzene rings is 2. The van der Waals surface area contributed by atoms with Gasteiger partial charge in [0.1, 0.15) is 0 Å². The monoisotopic (exact) mass is 239 g/mol. The fourth-order valence-corrected chi connectivity index (χ4v) is 2.26. The molecule has 0 saturated heterocycles. The molecule has 0 fully saturated rings. The molecule has 0 aromatic heterocycles. The number of rotatable bonds is 4. The Bertz CT molecular complexity index is 509. The number of hydrogen-bond acceptors (Lipinski definition) is 1. The Kier molecular flexibility index (Phi) is 4.16. The van der Waals surface area contributed by atoms with Crippen molar-refractivity contribution >= 4 is 0 Å². The molecule has 0 aliphatic carbocycles. The summed E-state index contributed by atoms with van der Waals surface area (Å²) >= 11 is 0. The molecule has 94 valence electrons. The minimum atomic E-state index is 0.931. The molecule has 0 aliphatic heterocycles. The fraction of sp³-hybridized carbons (Fsp3) is 0.294. The Labute approximate surface area is 110 Å². The van der Waals surface area contributed by atoms with Gasteiger partial charge in [-0.25, -0.2) is 0 Å². The highest BCUT2D eigenvalue weighted by Crippen LogP contribution is 2.13. The van der Waals surface area contributed by atoms with Crippen molar-refractivity contribution in [2.75, 3.05) is 0 Å². The van der Waals surface area contributed by atoms with E-state index in [-0.39, 0.29) is 0 Å². The normalized spacial score (nSPS) is 10.6. The van der Waals surface area contributed by atoms with Crippen molar-refractivity contribution in [2.24, 2.45) is 0 Å². The van der Waals surface area contributed by atoms with Gasteiger partial charge in [0.25, 0.3) is 0 Å². The van der Waals surface area contributed by atoms with Crippen LogP contribution in [0, 0.1) is 20.8 Å². The molecule has 2 aromatic carbocycles. The van der Waals surface area contributed by atoms with Gasteiger partial charge in [0, 0.05) is 13.1 Å². The summed E-state index contributed by atoms with van der Waals surface area (Å²) in [6.07, 6.45) is 0. The van der Waals surface area contributed by atoms with Crippen molar-refractivity contribution in [3.8, 4) is 0 Å². The lowest BCUT2D eigenvalue weighted by molar-refractivity contribution is 0.685. The van der Waals surface area contributed by atoms with Gasteiger partial charge in [-0.1, -0.05) is 42.5 Å². The third-order valence-corrected chi connectivity index (χ3v) is 3.52. The van der Waals surface area contributed by atoms with Crippen molar-refractivity contribution in [3.05, 3.63) is 70.3 Å². The van der Waals surface area contributed by atoms with Gasteiger partial charge >= 0.3 is 0 Å². The predicted molar refractivity (Wildman–Crippen MR) is 77.6 cm³/mol. The zero-order chi connectivity index (χ0) is 13.0. The minimum Gasteiger partial charge on any atom is -0.309 e. The first-order chi connectivity index (χ1) is 8.68. The van der Waals surface area contributed by atoms with E-state index in [0.29, 0.717) is 0 Å². The van der Waals surface area contributed by atoms with E-state index in [1.165, 1.54) is 27.8 Å². The summed E-state index contributed by atoms with van der Waals surface area (Å²) in [5, 5.41) is 3.54. The van der Waals surface area contributed by atoms with E-state index in [1.54, 1.807) is 0 Å².